The fourth-order valence-corrected chi connectivity index (χ4v) is 4.05. The van der Waals surface area contributed by atoms with Gasteiger partial charge in [0.2, 0.25) is 0 Å². The summed E-state index contributed by atoms with van der Waals surface area (Å²) >= 11 is 1.36. The molecule has 29 heavy (non-hydrogen) atoms. The number of furan rings is 1. The van der Waals surface area contributed by atoms with Gasteiger partial charge in [-0.1, -0.05) is 18.2 Å². The molecule has 4 aromatic rings. The van der Waals surface area contributed by atoms with Gasteiger partial charge in [0.05, 0.1) is 12.2 Å². The van der Waals surface area contributed by atoms with Crippen molar-refractivity contribution in [3.8, 4) is 10.8 Å². The van der Waals surface area contributed by atoms with Gasteiger partial charge in [-0.05, 0) is 25.1 Å². The molecule has 1 aliphatic rings. The number of para-hydroxylation sites is 1. The lowest BCUT2D eigenvalue weighted by Gasteiger charge is -2.18. The molecule has 1 fully saturated rings. The first kappa shape index (κ1) is 17.5. The van der Waals surface area contributed by atoms with E-state index in [1.54, 1.807) is 36.8 Å². The van der Waals surface area contributed by atoms with Gasteiger partial charge in [-0.3, -0.25) is 9.69 Å². The number of imide groups is 1. The van der Waals surface area contributed by atoms with Gasteiger partial charge in [-0.25, -0.2) is 19.7 Å². The van der Waals surface area contributed by atoms with Crippen molar-refractivity contribution in [2.45, 2.75) is 19.0 Å². The molecule has 144 valence electrons. The largest absolute Gasteiger partial charge is 0.458 e. The molecule has 8 nitrogen and oxygen atoms in total. The standard InChI is InChI=1S/C20H15N5O3S/c1-20(15-9-12-5-2-3-6-14(12)28-15)18(26)25(19(27)24-20)10-13-11-29-17(23-13)16-21-7-4-8-22-16/h2-9,11H,10H2,1H3,(H,24,27). The first-order valence-electron chi connectivity index (χ1n) is 8.89. The number of amides is 3. The highest BCUT2D eigenvalue weighted by Gasteiger charge is 2.51. The summed E-state index contributed by atoms with van der Waals surface area (Å²) in [6.45, 7) is 1.71. The van der Waals surface area contributed by atoms with Crippen molar-refractivity contribution in [3.05, 3.63) is 65.6 Å². The molecule has 0 aliphatic carbocycles. The van der Waals surface area contributed by atoms with Crippen LogP contribution in [0.2, 0.25) is 0 Å². The number of nitrogens with zero attached hydrogens (tertiary/aromatic N) is 4. The lowest BCUT2D eigenvalue weighted by Crippen LogP contribution is -2.40. The number of aromatic nitrogens is 3. The molecule has 9 heteroatoms. The highest BCUT2D eigenvalue weighted by Crippen LogP contribution is 2.34. The van der Waals surface area contributed by atoms with Gasteiger partial charge >= 0.3 is 6.03 Å². The molecule has 1 atom stereocenters. The van der Waals surface area contributed by atoms with E-state index in [4.69, 9.17) is 4.42 Å². The van der Waals surface area contributed by atoms with E-state index in [1.807, 2.05) is 24.3 Å². The molecule has 1 saturated heterocycles. The number of benzene rings is 1. The van der Waals surface area contributed by atoms with Crippen LogP contribution in [0.3, 0.4) is 0 Å². The topological polar surface area (TPSA) is 101 Å². The van der Waals surface area contributed by atoms with Crippen molar-refractivity contribution < 1.29 is 14.0 Å². The van der Waals surface area contributed by atoms with Crippen LogP contribution in [0.5, 0.6) is 0 Å². The fraction of sp³-hybridized carbons (Fsp3) is 0.150. The summed E-state index contributed by atoms with van der Waals surface area (Å²) in [6, 6.07) is 10.5. The molecular formula is C20H15N5O3S. The Kier molecular flexibility index (Phi) is 3.92. The monoisotopic (exact) mass is 405 g/mol. The Morgan fingerprint density at radius 3 is 2.76 bits per heavy atom. The smallest absolute Gasteiger partial charge is 0.325 e. The summed E-state index contributed by atoms with van der Waals surface area (Å²) in [7, 11) is 0. The molecule has 0 bridgehead atoms. The van der Waals surface area contributed by atoms with Gasteiger partial charge in [0.1, 0.15) is 11.3 Å². The second-order valence-corrected chi connectivity index (χ2v) is 7.67. The van der Waals surface area contributed by atoms with E-state index in [0.29, 0.717) is 27.9 Å². The predicted octanol–water partition coefficient (Wildman–Crippen LogP) is 3.31. The number of carbonyl (C=O) groups is 2. The quantitative estimate of drug-likeness (QED) is 0.523. The molecule has 3 amide bonds. The number of thiazole rings is 1. The van der Waals surface area contributed by atoms with Crippen LogP contribution in [0, 0.1) is 0 Å². The van der Waals surface area contributed by atoms with E-state index in [9.17, 15) is 9.59 Å². The summed E-state index contributed by atoms with van der Waals surface area (Å²) in [5.74, 6) is 0.524. The number of nitrogens with one attached hydrogen (secondary N) is 1. The van der Waals surface area contributed by atoms with Crippen molar-refractivity contribution >= 4 is 34.2 Å². The van der Waals surface area contributed by atoms with Gasteiger partial charge < -0.3 is 9.73 Å². The molecule has 1 aliphatic heterocycles. The van der Waals surface area contributed by atoms with Crippen molar-refractivity contribution in [1.82, 2.24) is 25.2 Å². The van der Waals surface area contributed by atoms with Crippen LogP contribution in [0.15, 0.2) is 58.6 Å². The Hall–Kier alpha value is -3.59. The third kappa shape index (κ3) is 2.87. The van der Waals surface area contributed by atoms with E-state index >= 15 is 0 Å². The molecular weight excluding hydrogens is 390 g/mol. The number of carbonyl (C=O) groups excluding carboxylic acids is 2. The Balaban J connectivity index is 1.41. The zero-order valence-electron chi connectivity index (χ0n) is 15.3. The molecule has 1 aromatic carbocycles. The van der Waals surface area contributed by atoms with Crippen LogP contribution >= 0.6 is 11.3 Å². The Morgan fingerprint density at radius 2 is 1.97 bits per heavy atom. The van der Waals surface area contributed by atoms with E-state index in [1.165, 1.54) is 11.3 Å². The number of hydrogen-bond donors (Lipinski definition) is 1. The maximum Gasteiger partial charge on any atom is 0.325 e. The molecule has 5 rings (SSSR count). The van der Waals surface area contributed by atoms with E-state index in [0.717, 1.165) is 10.3 Å². The highest BCUT2D eigenvalue weighted by molar-refractivity contribution is 7.13. The molecule has 1 N–H and O–H groups in total. The minimum atomic E-state index is -1.27. The van der Waals surface area contributed by atoms with Crippen molar-refractivity contribution in [1.29, 1.82) is 0 Å². The number of fused-ring (bicyclic) bond motifs is 1. The number of urea groups is 1. The minimum Gasteiger partial charge on any atom is -0.458 e. The van der Waals surface area contributed by atoms with Crippen molar-refractivity contribution in [2.75, 3.05) is 0 Å². The number of rotatable bonds is 4. The van der Waals surface area contributed by atoms with Gasteiger partial charge in [0.15, 0.2) is 16.4 Å². The first-order chi connectivity index (χ1) is 14.0. The summed E-state index contributed by atoms with van der Waals surface area (Å²) < 4.78 is 5.84. The third-order valence-corrected chi connectivity index (χ3v) is 5.71. The molecule has 3 aromatic heterocycles. The Labute approximate surface area is 169 Å². The van der Waals surface area contributed by atoms with Gasteiger partial charge in [0, 0.05) is 23.2 Å². The van der Waals surface area contributed by atoms with Crippen LogP contribution < -0.4 is 5.32 Å². The summed E-state index contributed by atoms with van der Waals surface area (Å²) in [5, 5.41) is 6.06. The summed E-state index contributed by atoms with van der Waals surface area (Å²) in [5.41, 5.74) is -0.0108. The molecule has 4 heterocycles. The minimum absolute atomic E-state index is 0.0593. The molecule has 0 spiro atoms. The van der Waals surface area contributed by atoms with Crippen molar-refractivity contribution in [3.63, 3.8) is 0 Å². The van der Waals surface area contributed by atoms with E-state index < -0.39 is 11.6 Å². The average Bonchev–Trinajstić information content (AvgIpc) is 3.43. The maximum atomic E-state index is 13.1. The average molecular weight is 405 g/mol. The van der Waals surface area contributed by atoms with Crippen molar-refractivity contribution in [2.24, 2.45) is 0 Å². The molecule has 1 unspecified atom stereocenters. The summed E-state index contributed by atoms with van der Waals surface area (Å²) in [6.07, 6.45) is 3.28. The van der Waals surface area contributed by atoms with E-state index in [-0.39, 0.29) is 12.5 Å². The zero-order chi connectivity index (χ0) is 20.0. The first-order valence-corrected chi connectivity index (χ1v) is 9.77. The molecule has 0 saturated carbocycles. The normalized spacial score (nSPS) is 19.1. The molecule has 0 radical (unpaired) electrons. The fourth-order valence-electron chi connectivity index (χ4n) is 3.29. The lowest BCUT2D eigenvalue weighted by atomic mass is 9.99. The second-order valence-electron chi connectivity index (χ2n) is 6.81. The van der Waals surface area contributed by atoms with Gasteiger partial charge in [-0.2, -0.15) is 0 Å². The van der Waals surface area contributed by atoms with Crippen LogP contribution in [0.1, 0.15) is 18.4 Å². The van der Waals surface area contributed by atoms with Gasteiger partial charge in [0.25, 0.3) is 5.91 Å². The highest BCUT2D eigenvalue weighted by atomic mass is 32.1. The third-order valence-electron chi connectivity index (χ3n) is 4.82. The second kappa shape index (κ2) is 6.49. The van der Waals surface area contributed by atoms with Crippen LogP contribution in [-0.2, 0) is 16.9 Å². The maximum absolute atomic E-state index is 13.1. The zero-order valence-corrected chi connectivity index (χ0v) is 16.1. The SMILES string of the molecule is CC1(c2cc3ccccc3o2)NC(=O)N(Cc2csc(-c3ncccn3)n2)C1=O. The predicted molar refractivity (Wildman–Crippen MR) is 106 cm³/mol. The van der Waals surface area contributed by atoms with E-state index in [2.05, 4.69) is 20.3 Å². The summed E-state index contributed by atoms with van der Waals surface area (Å²) in [4.78, 5) is 39.7. The van der Waals surface area contributed by atoms with Gasteiger partial charge in [-0.15, -0.1) is 11.3 Å². The Bertz CT molecular complexity index is 1200. The van der Waals surface area contributed by atoms with Crippen LogP contribution in [0.25, 0.3) is 21.8 Å². The van der Waals surface area contributed by atoms with Crippen LogP contribution in [0.4, 0.5) is 4.79 Å². The van der Waals surface area contributed by atoms with Crippen LogP contribution in [-0.4, -0.2) is 31.8 Å². The lowest BCUT2D eigenvalue weighted by molar-refractivity contribution is -0.132. The Morgan fingerprint density at radius 1 is 1.17 bits per heavy atom. The number of hydrogen-bond acceptors (Lipinski definition) is 7.